The molecule has 0 atom stereocenters. The molecular weight excluding hydrogens is 820 g/mol. The number of hydrogen-bond donors (Lipinski definition) is 2. The van der Waals surface area contributed by atoms with Crippen LogP contribution in [-0.2, 0) is 42.5 Å². The van der Waals surface area contributed by atoms with Crippen LogP contribution in [0, 0.1) is 11.8 Å². The van der Waals surface area contributed by atoms with Crippen LogP contribution >= 0.6 is 0 Å². The molecule has 2 aromatic rings. The molecule has 0 heterocycles. The first-order valence-electron chi connectivity index (χ1n) is 24.3. The molecule has 5 nitrogen and oxygen atoms in total. The van der Waals surface area contributed by atoms with Crippen molar-refractivity contribution in [3.8, 4) is 5.75 Å². The van der Waals surface area contributed by atoms with Gasteiger partial charge >= 0.3 is 27.5 Å². The van der Waals surface area contributed by atoms with E-state index < -0.39 is 0 Å². The summed E-state index contributed by atoms with van der Waals surface area (Å²) in [5.74, 6) is 2.12. The zero-order valence-electron chi connectivity index (χ0n) is 40.3. The summed E-state index contributed by atoms with van der Waals surface area (Å²) >= 11 is 0.300. The Kier molecular flexibility index (Phi) is 50.3. The molecule has 6 heteroatoms. The van der Waals surface area contributed by atoms with Gasteiger partial charge in [-0.05, 0) is 37.3 Å². The van der Waals surface area contributed by atoms with Gasteiger partial charge in [0.05, 0.1) is 0 Å². The van der Waals surface area contributed by atoms with Crippen molar-refractivity contribution in [1.82, 2.24) is 0 Å². The Balaban J connectivity index is -0.000000761. The van der Waals surface area contributed by atoms with Gasteiger partial charge in [-0.1, -0.05) is 257 Å². The quantitative estimate of drug-likeness (QED) is 0.0563. The molecule has 0 aromatic heterocycles. The Hall–Kier alpha value is -1.78. The predicted octanol–water partition coefficient (Wildman–Crippen LogP) is 16.4. The predicted molar refractivity (Wildman–Crippen MR) is 255 cm³/mol. The third kappa shape index (κ3) is 45.7. The summed E-state index contributed by atoms with van der Waals surface area (Å²) in [6.45, 7) is 17.0. The summed E-state index contributed by atoms with van der Waals surface area (Å²) in [7, 11) is 0. The normalized spacial score (nSPS) is 10.8. The number of aliphatic hydroxyl groups is 1. The van der Waals surface area contributed by atoms with Crippen molar-refractivity contribution in [2.45, 2.75) is 247 Å². The molecule has 344 valence electrons. The van der Waals surface area contributed by atoms with Crippen LogP contribution < -0.4 is 0 Å². The van der Waals surface area contributed by atoms with Crippen molar-refractivity contribution < 1.29 is 47.3 Å². The van der Waals surface area contributed by atoms with Crippen LogP contribution in [0.5, 0.6) is 5.75 Å². The van der Waals surface area contributed by atoms with E-state index in [1.165, 1.54) is 160 Å². The Morgan fingerprint density at radius 2 is 0.733 bits per heavy atom. The molecule has 2 N–H and O–H groups in total. The van der Waals surface area contributed by atoms with Crippen LogP contribution in [0.15, 0.2) is 54.6 Å². The fraction of sp³-hybridized carbons (Fsp3) is 0.741. The molecule has 0 saturated heterocycles. The second-order valence-electron chi connectivity index (χ2n) is 18.2. The van der Waals surface area contributed by atoms with E-state index in [2.05, 4.69) is 53.7 Å². The van der Waals surface area contributed by atoms with Crippen LogP contribution in [0.2, 0.25) is 0 Å². The zero-order chi connectivity index (χ0) is 45.5. The van der Waals surface area contributed by atoms with Crippen molar-refractivity contribution in [2.75, 3.05) is 0 Å². The molecule has 0 aliphatic rings. The number of hydrogen-bond acceptors (Lipinski definition) is 5. The van der Waals surface area contributed by atoms with Crippen molar-refractivity contribution in [3.63, 3.8) is 0 Å². The molecular formula is C54H94O5Zr. The maximum absolute atomic E-state index is 10.0. The first kappa shape index (κ1) is 62.5. The Morgan fingerprint density at radius 3 is 1.02 bits per heavy atom. The number of para-hydroxylation sites is 1. The van der Waals surface area contributed by atoms with E-state index in [0.717, 1.165) is 30.2 Å². The van der Waals surface area contributed by atoms with Gasteiger partial charge in [0, 0.05) is 17.1 Å². The van der Waals surface area contributed by atoms with Gasteiger partial charge in [0.15, 0.2) is 0 Å². The van der Waals surface area contributed by atoms with E-state index in [-0.39, 0.29) is 11.5 Å². The standard InChI is InChI=1S/2C18H35O.C15H16O.C3H8O.O.Zr/c2*1-18(2)16-14-12-10-8-6-4-3-5-7-9-11-13-15-17-19;1-15(2,12-8-4-3-5-9-12)13-10-6-7-11-14(13)16;1-3(2)4;;/h2*18H,3-16H2,1-2H3;3-11,16H,1-2H3;3-4H,1-2H3;;/q2*-1;;;;+2. The minimum absolute atomic E-state index is 0.167. The molecule has 0 fully saturated rings. The van der Waals surface area contributed by atoms with Crippen molar-refractivity contribution >= 4 is 12.6 Å². The summed E-state index contributed by atoms with van der Waals surface area (Å²) in [4.78, 5) is 20.0. The van der Waals surface area contributed by atoms with E-state index in [1.807, 2.05) is 49.0 Å². The van der Waals surface area contributed by atoms with Gasteiger partial charge in [-0.25, -0.2) is 0 Å². The summed E-state index contributed by atoms with van der Waals surface area (Å²) in [6, 6.07) is 17.7. The molecule has 0 spiro atoms. The summed E-state index contributed by atoms with van der Waals surface area (Å²) in [5.41, 5.74) is 1.99. The van der Waals surface area contributed by atoms with E-state index in [0.29, 0.717) is 43.3 Å². The van der Waals surface area contributed by atoms with Crippen LogP contribution in [0.3, 0.4) is 0 Å². The van der Waals surface area contributed by atoms with Crippen molar-refractivity contribution in [2.24, 2.45) is 11.8 Å². The van der Waals surface area contributed by atoms with Gasteiger partial charge in [0.25, 0.3) is 0 Å². The number of phenolic OH excluding ortho intramolecular Hbond substituents is 1. The Bertz CT molecular complexity index is 1110. The molecule has 60 heavy (non-hydrogen) atoms. The van der Waals surface area contributed by atoms with Gasteiger partial charge in [-0.3, -0.25) is 12.6 Å². The summed E-state index contributed by atoms with van der Waals surface area (Å²) < 4.78 is 8.34. The van der Waals surface area contributed by atoms with Gasteiger partial charge in [-0.2, -0.15) is 12.8 Å². The Labute approximate surface area is 387 Å². The molecule has 2 aromatic carbocycles. The first-order chi connectivity index (χ1) is 28.9. The second kappa shape index (κ2) is 48.3. The number of aliphatic hydroxyl groups excluding tert-OH is 1. The van der Waals surface area contributed by atoms with E-state index in [9.17, 15) is 14.7 Å². The van der Waals surface area contributed by atoms with Gasteiger partial charge in [0.1, 0.15) is 5.75 Å². The topological polar surface area (TPSA) is 91.7 Å². The van der Waals surface area contributed by atoms with Crippen LogP contribution in [-0.4, -0.2) is 28.9 Å². The SMILES string of the molecule is CC(C)(c1ccccc1)c1ccccc1O.CC(C)CCCCCCCCCCCCCC[C-]=O.CC(C)CCCCCCCCCCCCCC[C-]=O.CC(C)O.[O]=[Zr+2]. The third-order valence-electron chi connectivity index (χ3n) is 10.7. The number of aromatic hydroxyl groups is 1. The van der Waals surface area contributed by atoms with Crippen LogP contribution in [0.25, 0.3) is 0 Å². The van der Waals surface area contributed by atoms with E-state index in [1.54, 1.807) is 19.9 Å². The maximum atomic E-state index is 10.0. The van der Waals surface area contributed by atoms with E-state index >= 15 is 0 Å². The molecule has 2 rings (SSSR count). The molecule has 0 bridgehead atoms. The summed E-state index contributed by atoms with van der Waals surface area (Å²) in [5, 5.41) is 18.0. The second-order valence-corrected chi connectivity index (χ2v) is 18.2. The molecule has 0 radical (unpaired) electrons. The molecule has 0 unspecified atom stereocenters. The fourth-order valence-electron chi connectivity index (χ4n) is 7.05. The monoisotopic (exact) mass is 913 g/mol. The van der Waals surface area contributed by atoms with Gasteiger partial charge in [0.2, 0.25) is 0 Å². The number of phenols is 1. The van der Waals surface area contributed by atoms with Gasteiger partial charge in [-0.15, -0.1) is 0 Å². The molecule has 0 aliphatic heterocycles. The van der Waals surface area contributed by atoms with E-state index in [4.69, 9.17) is 7.92 Å². The minimum atomic E-state index is -0.174. The molecule has 0 amide bonds. The number of rotatable bonds is 32. The fourth-order valence-corrected chi connectivity index (χ4v) is 7.05. The average Bonchev–Trinajstić information content (AvgIpc) is 3.22. The number of carbonyl (C=O) groups excluding carboxylic acids is 2. The van der Waals surface area contributed by atoms with Crippen LogP contribution in [0.4, 0.5) is 0 Å². The first-order valence-corrected chi connectivity index (χ1v) is 25.3. The molecule has 0 saturated carbocycles. The zero-order valence-corrected chi connectivity index (χ0v) is 42.8. The number of unbranched alkanes of at least 4 members (excludes halogenated alkanes) is 24. The third-order valence-corrected chi connectivity index (χ3v) is 10.7. The van der Waals surface area contributed by atoms with Gasteiger partial charge < -0.3 is 19.8 Å². The van der Waals surface area contributed by atoms with Crippen molar-refractivity contribution in [1.29, 1.82) is 0 Å². The van der Waals surface area contributed by atoms with Crippen molar-refractivity contribution in [3.05, 3.63) is 65.7 Å². The van der Waals surface area contributed by atoms with Crippen LogP contribution in [0.1, 0.15) is 246 Å². The molecule has 0 aliphatic carbocycles. The summed E-state index contributed by atoms with van der Waals surface area (Å²) in [6.07, 6.45) is 40.4. The Morgan fingerprint density at radius 1 is 0.467 bits per heavy atom. The average molecular weight is 915 g/mol. The number of benzene rings is 2.